The van der Waals surface area contributed by atoms with E-state index in [0.29, 0.717) is 5.92 Å². The highest BCUT2D eigenvalue weighted by molar-refractivity contribution is 5.91. The minimum atomic E-state index is -0.457. The zero-order chi connectivity index (χ0) is 14.1. The fourth-order valence-corrected chi connectivity index (χ4v) is 3.73. The Bertz CT molecular complexity index is 449. The predicted molar refractivity (Wildman–Crippen MR) is 70.0 cm³/mol. The van der Waals surface area contributed by atoms with Crippen LogP contribution in [0.1, 0.15) is 52.9 Å². The first-order valence-corrected chi connectivity index (χ1v) is 7.23. The molecule has 1 spiro atoms. The number of rotatable bonds is 4. The molecule has 4 heteroatoms. The normalized spacial score (nSPS) is 40.1. The van der Waals surface area contributed by atoms with Gasteiger partial charge >= 0.3 is 5.97 Å². The second-order valence-electron chi connectivity index (χ2n) is 7.72. The fraction of sp³-hybridized carbons (Fsp3) is 0.867. The molecular formula is C15H23NO3. The third-order valence-electron chi connectivity index (χ3n) is 5.02. The van der Waals surface area contributed by atoms with Crippen LogP contribution >= 0.6 is 0 Å². The molecule has 1 amide bonds. The molecule has 3 fully saturated rings. The molecule has 0 radical (unpaired) electrons. The van der Waals surface area contributed by atoms with Crippen LogP contribution in [-0.4, -0.2) is 17.5 Å². The number of ether oxygens (including phenoxy) is 1. The lowest BCUT2D eigenvalue weighted by Crippen LogP contribution is -2.30. The van der Waals surface area contributed by atoms with Gasteiger partial charge in [0, 0.05) is 0 Å². The topological polar surface area (TPSA) is 69.4 Å². The Hall–Kier alpha value is -1.06. The van der Waals surface area contributed by atoms with Crippen LogP contribution in [0.4, 0.5) is 0 Å². The van der Waals surface area contributed by atoms with E-state index in [1.54, 1.807) is 0 Å². The Kier molecular flexibility index (Phi) is 2.40. The number of amides is 1. The van der Waals surface area contributed by atoms with E-state index in [-0.39, 0.29) is 23.2 Å². The summed E-state index contributed by atoms with van der Waals surface area (Å²) in [6, 6.07) is 0. The first kappa shape index (κ1) is 12.9. The van der Waals surface area contributed by atoms with Gasteiger partial charge in [0.15, 0.2) is 0 Å². The first-order valence-electron chi connectivity index (χ1n) is 7.23. The van der Waals surface area contributed by atoms with Crippen LogP contribution in [0.15, 0.2) is 0 Å². The van der Waals surface area contributed by atoms with E-state index in [4.69, 9.17) is 10.5 Å². The van der Waals surface area contributed by atoms with E-state index in [0.717, 1.165) is 19.3 Å². The largest absolute Gasteiger partial charge is 0.460 e. The Balaban J connectivity index is 1.68. The summed E-state index contributed by atoms with van der Waals surface area (Å²) in [4.78, 5) is 23.9. The van der Waals surface area contributed by atoms with Crippen LogP contribution in [-0.2, 0) is 14.3 Å². The summed E-state index contributed by atoms with van der Waals surface area (Å²) in [5.74, 6) is 0.210. The van der Waals surface area contributed by atoms with Gasteiger partial charge in [-0.1, -0.05) is 12.8 Å². The van der Waals surface area contributed by atoms with Crippen molar-refractivity contribution in [1.82, 2.24) is 0 Å². The summed E-state index contributed by atoms with van der Waals surface area (Å²) >= 11 is 0. The molecule has 0 aromatic carbocycles. The molecule has 2 N–H and O–H groups in total. The van der Waals surface area contributed by atoms with Gasteiger partial charge in [-0.3, -0.25) is 9.59 Å². The third kappa shape index (κ3) is 1.96. The SMILES string of the molecule is CC(C)(C)OC(=O)C1CC12C[C@@]2(CC1CC1)C(N)=O. The number of carbonyl (C=O) groups is 2. The van der Waals surface area contributed by atoms with Gasteiger partial charge in [-0.15, -0.1) is 0 Å². The van der Waals surface area contributed by atoms with E-state index in [2.05, 4.69) is 0 Å². The second-order valence-corrected chi connectivity index (χ2v) is 7.72. The van der Waals surface area contributed by atoms with Gasteiger partial charge in [-0.25, -0.2) is 0 Å². The Morgan fingerprint density at radius 2 is 1.95 bits per heavy atom. The average molecular weight is 265 g/mol. The molecular weight excluding hydrogens is 242 g/mol. The molecule has 3 aliphatic carbocycles. The summed E-state index contributed by atoms with van der Waals surface area (Å²) in [6.07, 6.45) is 4.90. The van der Waals surface area contributed by atoms with Crippen LogP contribution < -0.4 is 5.73 Å². The fourth-order valence-electron chi connectivity index (χ4n) is 3.73. The summed E-state index contributed by atoms with van der Waals surface area (Å²) < 4.78 is 5.44. The second kappa shape index (κ2) is 3.53. The number of carbonyl (C=O) groups excluding carboxylic acids is 2. The van der Waals surface area contributed by atoms with E-state index < -0.39 is 11.0 Å². The number of nitrogens with two attached hydrogens (primary N) is 1. The maximum atomic E-state index is 12.1. The molecule has 0 aromatic rings. The van der Waals surface area contributed by atoms with Crippen molar-refractivity contribution in [1.29, 1.82) is 0 Å². The van der Waals surface area contributed by atoms with Crippen molar-refractivity contribution in [3.05, 3.63) is 0 Å². The molecule has 19 heavy (non-hydrogen) atoms. The predicted octanol–water partition coefficient (Wildman–Crippen LogP) is 2.01. The molecule has 3 saturated carbocycles. The molecule has 0 saturated heterocycles. The number of hydrogen-bond donors (Lipinski definition) is 1. The van der Waals surface area contributed by atoms with Crippen LogP contribution in [0.3, 0.4) is 0 Å². The zero-order valence-corrected chi connectivity index (χ0v) is 12.0. The van der Waals surface area contributed by atoms with Crippen LogP contribution in [0.5, 0.6) is 0 Å². The summed E-state index contributed by atoms with van der Waals surface area (Å²) in [6.45, 7) is 5.62. The van der Waals surface area contributed by atoms with Crippen molar-refractivity contribution in [3.8, 4) is 0 Å². The molecule has 0 bridgehead atoms. The van der Waals surface area contributed by atoms with E-state index >= 15 is 0 Å². The van der Waals surface area contributed by atoms with Gasteiger partial charge < -0.3 is 10.5 Å². The van der Waals surface area contributed by atoms with Gasteiger partial charge in [-0.2, -0.15) is 0 Å². The molecule has 3 rings (SSSR count). The molecule has 2 unspecified atom stereocenters. The average Bonchev–Trinajstić information content (AvgIpc) is 3.09. The minimum absolute atomic E-state index is 0.0991. The highest BCUT2D eigenvalue weighted by Crippen LogP contribution is 2.84. The van der Waals surface area contributed by atoms with Crippen LogP contribution in [0.25, 0.3) is 0 Å². The van der Waals surface area contributed by atoms with Crippen LogP contribution in [0.2, 0.25) is 0 Å². The Morgan fingerprint density at radius 1 is 1.32 bits per heavy atom. The van der Waals surface area contributed by atoms with Gasteiger partial charge in [0.25, 0.3) is 0 Å². The highest BCUT2D eigenvalue weighted by Gasteiger charge is 2.84. The summed E-state index contributed by atoms with van der Waals surface area (Å²) in [7, 11) is 0. The standard InChI is InChI=1S/C15H23NO3/c1-13(2,3)19-11(17)10-7-14(10)8-15(14,12(16)18)6-9-4-5-9/h9-10H,4-8H2,1-3H3,(H2,16,18)/t10?,14?,15-/m0/s1. The van der Waals surface area contributed by atoms with Crippen molar-refractivity contribution in [3.63, 3.8) is 0 Å². The molecule has 106 valence electrons. The molecule has 3 aliphatic rings. The van der Waals surface area contributed by atoms with Crippen LogP contribution in [0, 0.1) is 22.7 Å². The maximum absolute atomic E-state index is 12.1. The van der Waals surface area contributed by atoms with Gasteiger partial charge in [0.05, 0.1) is 11.3 Å². The molecule has 0 heterocycles. The third-order valence-corrected chi connectivity index (χ3v) is 5.02. The minimum Gasteiger partial charge on any atom is -0.460 e. The lowest BCUT2D eigenvalue weighted by molar-refractivity contribution is -0.157. The Labute approximate surface area is 114 Å². The van der Waals surface area contributed by atoms with Gasteiger partial charge in [0.1, 0.15) is 5.60 Å². The van der Waals surface area contributed by atoms with Gasteiger partial charge in [0.2, 0.25) is 5.91 Å². The molecule has 4 nitrogen and oxygen atoms in total. The van der Waals surface area contributed by atoms with Crippen molar-refractivity contribution in [2.24, 2.45) is 28.4 Å². The monoisotopic (exact) mass is 265 g/mol. The van der Waals surface area contributed by atoms with E-state index in [9.17, 15) is 9.59 Å². The quantitative estimate of drug-likeness (QED) is 0.790. The number of hydrogen-bond acceptors (Lipinski definition) is 3. The first-order chi connectivity index (χ1) is 8.70. The number of esters is 1. The molecule has 0 aliphatic heterocycles. The van der Waals surface area contributed by atoms with E-state index in [1.165, 1.54) is 12.8 Å². The number of primary amides is 1. The Morgan fingerprint density at radius 3 is 2.42 bits per heavy atom. The van der Waals surface area contributed by atoms with Crippen molar-refractivity contribution >= 4 is 11.9 Å². The lowest BCUT2D eigenvalue weighted by atomic mass is 9.93. The smallest absolute Gasteiger partial charge is 0.310 e. The van der Waals surface area contributed by atoms with Gasteiger partial charge in [-0.05, 0) is 51.4 Å². The summed E-state index contributed by atoms with van der Waals surface area (Å²) in [5, 5.41) is 0. The van der Waals surface area contributed by atoms with E-state index in [1.807, 2.05) is 20.8 Å². The highest BCUT2D eigenvalue weighted by atomic mass is 16.6. The lowest BCUT2D eigenvalue weighted by Gasteiger charge is -2.20. The zero-order valence-electron chi connectivity index (χ0n) is 12.0. The maximum Gasteiger partial charge on any atom is 0.310 e. The molecule has 0 aromatic heterocycles. The molecule has 3 atom stereocenters. The van der Waals surface area contributed by atoms with Crippen molar-refractivity contribution < 1.29 is 14.3 Å². The van der Waals surface area contributed by atoms with Crippen molar-refractivity contribution in [2.45, 2.75) is 58.5 Å². The van der Waals surface area contributed by atoms with Crippen molar-refractivity contribution in [2.75, 3.05) is 0 Å². The summed E-state index contributed by atoms with van der Waals surface area (Å²) in [5.41, 5.74) is 4.64.